The molecule has 0 radical (unpaired) electrons. The molecule has 0 fully saturated rings. The molecular weight excluding hydrogens is 304 g/mol. The van der Waals surface area contributed by atoms with Crippen LogP contribution in [-0.2, 0) is 0 Å². The number of nitrogens with zero attached hydrogens (tertiary/aromatic N) is 2. The van der Waals surface area contributed by atoms with Gasteiger partial charge in [-0.05, 0) is 56.8 Å². The second-order valence-electron chi connectivity index (χ2n) is 5.39. The Labute approximate surface area is 143 Å². The van der Waals surface area contributed by atoms with Gasteiger partial charge in [0.25, 0.3) is 0 Å². The first-order valence-electron chi connectivity index (χ1n) is 7.95. The smallest absolute Gasteiger partial charge is 0.170 e. The lowest BCUT2D eigenvalue weighted by Gasteiger charge is -2.23. The molecule has 0 aliphatic heterocycles. The van der Waals surface area contributed by atoms with Crippen molar-refractivity contribution in [1.29, 1.82) is 0 Å². The zero-order chi connectivity index (χ0) is 16.5. The second kappa shape index (κ2) is 9.10. The number of pyridine rings is 1. The van der Waals surface area contributed by atoms with Crippen LogP contribution in [0.2, 0.25) is 0 Å². The molecule has 5 heteroatoms. The highest BCUT2D eigenvalue weighted by Crippen LogP contribution is 2.14. The van der Waals surface area contributed by atoms with E-state index in [2.05, 4.69) is 58.6 Å². The average Bonchev–Trinajstić information content (AvgIpc) is 2.57. The first kappa shape index (κ1) is 17.2. The molecule has 0 saturated carbocycles. The number of nitrogens with one attached hydrogen (secondary N) is 2. The van der Waals surface area contributed by atoms with Gasteiger partial charge in [-0.2, -0.15) is 0 Å². The minimum Gasteiger partial charge on any atom is -0.372 e. The number of thiocarbonyl (C=S) groups is 1. The third-order valence-electron chi connectivity index (χ3n) is 3.59. The molecule has 2 aromatic rings. The molecule has 122 valence electrons. The fourth-order valence-corrected chi connectivity index (χ4v) is 2.53. The fourth-order valence-electron chi connectivity index (χ4n) is 2.31. The summed E-state index contributed by atoms with van der Waals surface area (Å²) in [6, 6.07) is 12.5. The molecule has 2 N–H and O–H groups in total. The van der Waals surface area contributed by atoms with Gasteiger partial charge in [0.1, 0.15) is 0 Å². The Morgan fingerprint density at radius 1 is 1.22 bits per heavy atom. The van der Waals surface area contributed by atoms with Gasteiger partial charge < -0.3 is 15.5 Å². The Kier molecular flexibility index (Phi) is 6.81. The Morgan fingerprint density at radius 2 is 2.00 bits per heavy atom. The van der Waals surface area contributed by atoms with E-state index < -0.39 is 0 Å². The van der Waals surface area contributed by atoms with Crippen LogP contribution in [0.3, 0.4) is 0 Å². The van der Waals surface area contributed by atoms with Crippen molar-refractivity contribution in [2.45, 2.75) is 20.3 Å². The van der Waals surface area contributed by atoms with E-state index in [0.29, 0.717) is 5.11 Å². The molecule has 1 heterocycles. The van der Waals surface area contributed by atoms with Crippen molar-refractivity contribution < 1.29 is 0 Å². The summed E-state index contributed by atoms with van der Waals surface area (Å²) in [5.74, 6) is 0. The van der Waals surface area contributed by atoms with Crippen LogP contribution in [0.15, 0.2) is 48.8 Å². The van der Waals surface area contributed by atoms with E-state index >= 15 is 0 Å². The predicted octanol–water partition coefficient (Wildman–Crippen LogP) is 3.59. The van der Waals surface area contributed by atoms with Crippen LogP contribution >= 0.6 is 12.2 Å². The maximum Gasteiger partial charge on any atom is 0.170 e. The third-order valence-corrected chi connectivity index (χ3v) is 3.84. The van der Waals surface area contributed by atoms with Crippen LogP contribution in [-0.4, -0.2) is 29.7 Å². The first-order valence-corrected chi connectivity index (χ1v) is 8.36. The topological polar surface area (TPSA) is 40.2 Å². The standard InChI is InChI=1S/C18H24N4S/c1-3-22(17-9-7-15(2)8-10-17)13-5-12-20-18(23)21-16-6-4-11-19-14-16/h4,6-11,14H,3,5,12-13H2,1-2H3,(H2,20,21,23). The maximum absolute atomic E-state index is 5.29. The number of anilines is 2. The van der Waals surface area contributed by atoms with Crippen molar-refractivity contribution in [3.05, 3.63) is 54.4 Å². The number of aryl methyl sites for hydroxylation is 1. The lowest BCUT2D eigenvalue weighted by atomic mass is 10.2. The van der Waals surface area contributed by atoms with Crippen LogP contribution in [0.1, 0.15) is 18.9 Å². The largest absolute Gasteiger partial charge is 0.372 e. The maximum atomic E-state index is 5.29. The SMILES string of the molecule is CCN(CCCNC(=S)Nc1cccnc1)c1ccc(C)cc1. The van der Waals surface area contributed by atoms with Gasteiger partial charge in [-0.25, -0.2) is 0 Å². The fraction of sp³-hybridized carbons (Fsp3) is 0.333. The summed E-state index contributed by atoms with van der Waals surface area (Å²) in [4.78, 5) is 6.43. The third kappa shape index (κ3) is 5.87. The van der Waals surface area contributed by atoms with E-state index in [1.54, 1.807) is 12.4 Å². The van der Waals surface area contributed by atoms with Crippen LogP contribution < -0.4 is 15.5 Å². The molecule has 0 unspecified atom stereocenters. The molecule has 0 aliphatic carbocycles. The molecule has 1 aromatic carbocycles. The Balaban J connectivity index is 1.71. The quantitative estimate of drug-likeness (QED) is 0.600. The molecular formula is C18H24N4S. The normalized spacial score (nSPS) is 10.2. The van der Waals surface area contributed by atoms with Gasteiger partial charge in [0.05, 0.1) is 11.9 Å². The van der Waals surface area contributed by atoms with E-state index in [-0.39, 0.29) is 0 Å². The Hall–Kier alpha value is -2.14. The lowest BCUT2D eigenvalue weighted by molar-refractivity contribution is 0.726. The van der Waals surface area contributed by atoms with Crippen molar-refractivity contribution in [3.8, 4) is 0 Å². The van der Waals surface area contributed by atoms with E-state index in [1.165, 1.54) is 11.3 Å². The number of benzene rings is 1. The number of aromatic nitrogens is 1. The predicted molar refractivity (Wildman–Crippen MR) is 102 cm³/mol. The van der Waals surface area contributed by atoms with Gasteiger partial charge in [-0.1, -0.05) is 17.7 Å². The molecule has 0 saturated heterocycles. The Bertz CT molecular complexity index is 598. The molecule has 2 rings (SSSR count). The van der Waals surface area contributed by atoms with Gasteiger partial charge >= 0.3 is 0 Å². The lowest BCUT2D eigenvalue weighted by Crippen LogP contribution is -2.32. The summed E-state index contributed by atoms with van der Waals surface area (Å²) in [5.41, 5.74) is 3.47. The Morgan fingerprint density at radius 3 is 2.65 bits per heavy atom. The van der Waals surface area contributed by atoms with Crippen LogP contribution in [0.25, 0.3) is 0 Å². The molecule has 0 atom stereocenters. The monoisotopic (exact) mass is 328 g/mol. The average molecular weight is 328 g/mol. The summed E-state index contributed by atoms with van der Waals surface area (Å²) in [5, 5.41) is 7.00. The van der Waals surface area contributed by atoms with Crippen LogP contribution in [0.4, 0.5) is 11.4 Å². The first-order chi connectivity index (χ1) is 11.2. The summed E-state index contributed by atoms with van der Waals surface area (Å²) in [6.07, 6.45) is 4.52. The summed E-state index contributed by atoms with van der Waals surface area (Å²) >= 11 is 5.29. The van der Waals surface area contributed by atoms with Gasteiger partial charge in [-0.3, -0.25) is 4.98 Å². The van der Waals surface area contributed by atoms with Gasteiger partial charge in [0, 0.05) is 31.5 Å². The summed E-state index contributed by atoms with van der Waals surface area (Å²) in [7, 11) is 0. The van der Waals surface area contributed by atoms with Crippen LogP contribution in [0.5, 0.6) is 0 Å². The van der Waals surface area contributed by atoms with E-state index in [1.807, 2.05) is 12.1 Å². The molecule has 0 aliphatic rings. The highest BCUT2D eigenvalue weighted by Gasteiger charge is 2.04. The number of hydrogen-bond donors (Lipinski definition) is 2. The van der Waals surface area contributed by atoms with Crippen molar-refractivity contribution in [2.75, 3.05) is 29.9 Å². The summed E-state index contributed by atoms with van der Waals surface area (Å²) in [6.45, 7) is 7.14. The molecule has 0 spiro atoms. The van der Waals surface area contributed by atoms with Gasteiger partial charge in [0.15, 0.2) is 5.11 Å². The number of hydrogen-bond acceptors (Lipinski definition) is 3. The van der Waals surface area contributed by atoms with Crippen molar-refractivity contribution in [2.24, 2.45) is 0 Å². The minimum absolute atomic E-state index is 0.636. The zero-order valence-corrected chi connectivity index (χ0v) is 14.6. The molecule has 4 nitrogen and oxygen atoms in total. The van der Waals surface area contributed by atoms with E-state index in [0.717, 1.165) is 31.7 Å². The number of rotatable bonds is 7. The highest BCUT2D eigenvalue weighted by atomic mass is 32.1. The van der Waals surface area contributed by atoms with E-state index in [9.17, 15) is 0 Å². The minimum atomic E-state index is 0.636. The van der Waals surface area contributed by atoms with Gasteiger partial charge in [-0.15, -0.1) is 0 Å². The summed E-state index contributed by atoms with van der Waals surface area (Å²) < 4.78 is 0. The second-order valence-corrected chi connectivity index (χ2v) is 5.80. The molecule has 0 amide bonds. The van der Waals surface area contributed by atoms with Crippen LogP contribution in [0, 0.1) is 6.92 Å². The van der Waals surface area contributed by atoms with Crippen molar-refractivity contribution >= 4 is 28.7 Å². The highest BCUT2D eigenvalue weighted by molar-refractivity contribution is 7.80. The molecule has 0 bridgehead atoms. The van der Waals surface area contributed by atoms with E-state index in [4.69, 9.17) is 12.2 Å². The van der Waals surface area contributed by atoms with Gasteiger partial charge in [0.2, 0.25) is 0 Å². The zero-order valence-electron chi connectivity index (χ0n) is 13.7. The van der Waals surface area contributed by atoms with Crippen molar-refractivity contribution in [3.63, 3.8) is 0 Å². The molecule has 23 heavy (non-hydrogen) atoms. The van der Waals surface area contributed by atoms with Crippen molar-refractivity contribution in [1.82, 2.24) is 10.3 Å². The molecule has 1 aromatic heterocycles.